The number of ether oxygens (including phenoxy) is 2. The Labute approximate surface area is 253 Å². The number of anilines is 1. The van der Waals surface area contributed by atoms with Crippen molar-refractivity contribution in [2.75, 3.05) is 45.3 Å². The molecule has 242 valence electrons. The van der Waals surface area contributed by atoms with Crippen molar-refractivity contribution in [3.63, 3.8) is 0 Å². The van der Waals surface area contributed by atoms with Crippen molar-refractivity contribution < 1.29 is 41.7 Å². The Hall–Kier alpha value is -3.52. The van der Waals surface area contributed by atoms with Gasteiger partial charge in [-0.1, -0.05) is 12.1 Å². The molecular weight excluding hydrogens is 586 g/mol. The van der Waals surface area contributed by atoms with Crippen LogP contribution < -0.4 is 15.4 Å². The average molecular weight is 626 g/mol. The number of nitrogens with zero attached hydrogens (tertiary/aromatic N) is 3. The van der Waals surface area contributed by atoms with Gasteiger partial charge in [0.05, 0.1) is 17.2 Å². The summed E-state index contributed by atoms with van der Waals surface area (Å²) in [6, 6.07) is 6.64. The normalized spacial score (nSPS) is 16.9. The van der Waals surface area contributed by atoms with E-state index in [0.29, 0.717) is 19.4 Å². The first kappa shape index (κ1) is 33.4. The number of aliphatic carboxylic acids is 1. The van der Waals surface area contributed by atoms with E-state index in [0.717, 1.165) is 56.2 Å². The first-order chi connectivity index (χ1) is 21.0. The molecule has 2 aromatic rings. The second-order valence-corrected chi connectivity index (χ2v) is 11.3. The molecule has 14 heteroatoms. The molecule has 1 aliphatic heterocycles. The smallest absolute Gasteiger partial charge is 0.480 e. The molecule has 0 radical (unpaired) electrons. The Kier molecular flexibility index (Phi) is 11.4. The standard InChI is InChI=1S/C30H39F4N5O5/c1-43-22(18-31)19-39(16-3-2-7-21-11-10-20-6-5-15-35-26(20)36-21)17-12-23(27(40)41)37-28(42)29(13-14-29)24-8-4-9-25(38-24)44-30(32,33)34/h4,8-11,22-23H,2-3,5-7,12-19H2,1H3,(H,35,36)(H,37,42)(H,40,41). The van der Waals surface area contributed by atoms with Crippen LogP contribution in [-0.2, 0) is 32.6 Å². The molecule has 0 aromatic carbocycles. The van der Waals surface area contributed by atoms with Crippen LogP contribution in [0.4, 0.5) is 23.4 Å². The van der Waals surface area contributed by atoms with Crippen molar-refractivity contribution in [1.29, 1.82) is 0 Å². The lowest BCUT2D eigenvalue weighted by Gasteiger charge is -2.27. The van der Waals surface area contributed by atoms with E-state index in [1.807, 2.05) is 11.0 Å². The summed E-state index contributed by atoms with van der Waals surface area (Å²) in [4.78, 5) is 35.8. The summed E-state index contributed by atoms with van der Waals surface area (Å²) in [6.45, 7) is 1.26. The quantitative estimate of drug-likeness (QED) is 0.177. The summed E-state index contributed by atoms with van der Waals surface area (Å²) in [6.07, 6.45) is -0.545. The fourth-order valence-corrected chi connectivity index (χ4v) is 5.37. The van der Waals surface area contributed by atoms with Crippen LogP contribution in [0.3, 0.4) is 0 Å². The molecule has 2 atom stereocenters. The van der Waals surface area contributed by atoms with Crippen LogP contribution in [0.2, 0.25) is 0 Å². The van der Waals surface area contributed by atoms with E-state index >= 15 is 0 Å². The summed E-state index contributed by atoms with van der Waals surface area (Å²) < 4.78 is 60.6. The van der Waals surface area contributed by atoms with Crippen LogP contribution in [0.15, 0.2) is 30.3 Å². The van der Waals surface area contributed by atoms with Crippen LogP contribution in [0.25, 0.3) is 0 Å². The number of pyridine rings is 2. The van der Waals surface area contributed by atoms with Crippen molar-refractivity contribution >= 4 is 17.7 Å². The molecule has 4 rings (SSSR count). The van der Waals surface area contributed by atoms with E-state index < -0.39 is 48.4 Å². The fraction of sp³-hybridized carbons (Fsp3) is 0.600. The molecule has 1 fully saturated rings. The molecule has 3 N–H and O–H groups in total. The van der Waals surface area contributed by atoms with E-state index in [1.165, 1.54) is 24.8 Å². The lowest BCUT2D eigenvalue weighted by atomic mass is 9.99. The Morgan fingerprint density at radius 1 is 1.16 bits per heavy atom. The highest BCUT2D eigenvalue weighted by Gasteiger charge is 2.53. The molecular formula is C30H39F4N5O5. The fourth-order valence-electron chi connectivity index (χ4n) is 5.37. The van der Waals surface area contributed by atoms with E-state index in [-0.39, 0.29) is 25.2 Å². The predicted octanol–water partition coefficient (Wildman–Crippen LogP) is 4.03. The van der Waals surface area contributed by atoms with E-state index in [9.17, 15) is 32.3 Å². The Balaban J connectivity index is 1.33. The van der Waals surface area contributed by atoms with Gasteiger partial charge in [0.15, 0.2) is 0 Å². The number of nitrogens with one attached hydrogen (secondary N) is 2. The molecule has 1 aliphatic carbocycles. The lowest BCUT2D eigenvalue weighted by molar-refractivity contribution is -0.276. The number of aromatic nitrogens is 2. The molecule has 2 aromatic heterocycles. The third-order valence-electron chi connectivity index (χ3n) is 8.03. The number of halogens is 4. The largest absolute Gasteiger partial charge is 0.574 e. The SMILES string of the molecule is COC(CF)CN(CCCCc1ccc2c(n1)NCCC2)CCC(NC(=O)C1(c2cccc(OC(F)(F)F)n2)CC1)C(=O)O. The zero-order chi connectivity index (χ0) is 31.7. The highest BCUT2D eigenvalue weighted by atomic mass is 19.4. The average Bonchev–Trinajstić information content (AvgIpc) is 3.81. The minimum atomic E-state index is -4.94. The van der Waals surface area contributed by atoms with Gasteiger partial charge in [-0.2, -0.15) is 0 Å². The van der Waals surface area contributed by atoms with Gasteiger partial charge in [0.25, 0.3) is 0 Å². The zero-order valence-electron chi connectivity index (χ0n) is 24.7. The molecule has 0 bridgehead atoms. The minimum absolute atomic E-state index is 0.0303. The number of alkyl halides is 4. The van der Waals surface area contributed by atoms with Crippen LogP contribution in [0, 0.1) is 0 Å². The number of methoxy groups -OCH3 is 1. The van der Waals surface area contributed by atoms with Gasteiger partial charge in [-0.25, -0.2) is 19.2 Å². The second kappa shape index (κ2) is 15.0. The van der Waals surface area contributed by atoms with Gasteiger partial charge in [-0.3, -0.25) is 4.79 Å². The molecule has 3 heterocycles. The van der Waals surface area contributed by atoms with E-state index in [2.05, 4.69) is 26.4 Å². The van der Waals surface area contributed by atoms with Crippen molar-refractivity contribution in [1.82, 2.24) is 20.2 Å². The van der Waals surface area contributed by atoms with Crippen LogP contribution in [0.1, 0.15) is 55.5 Å². The molecule has 1 saturated carbocycles. The topological polar surface area (TPSA) is 126 Å². The Bertz CT molecular complexity index is 1270. The van der Waals surface area contributed by atoms with Gasteiger partial charge < -0.3 is 30.1 Å². The highest BCUT2D eigenvalue weighted by Crippen LogP contribution is 2.48. The maximum absolute atomic E-state index is 13.5. The maximum atomic E-state index is 13.5. The number of carboxylic acid groups (broad SMARTS) is 1. The van der Waals surface area contributed by atoms with Gasteiger partial charge in [-0.05, 0) is 75.6 Å². The number of fused-ring (bicyclic) bond motifs is 1. The summed E-state index contributed by atoms with van der Waals surface area (Å²) in [5, 5.41) is 15.8. The molecule has 2 aliphatic rings. The number of hydrogen-bond acceptors (Lipinski definition) is 8. The summed E-state index contributed by atoms with van der Waals surface area (Å²) in [5.41, 5.74) is 1.05. The number of aryl methyl sites for hydroxylation is 2. The van der Waals surface area contributed by atoms with Crippen molar-refractivity contribution in [3.8, 4) is 5.88 Å². The van der Waals surface area contributed by atoms with Crippen molar-refractivity contribution in [2.24, 2.45) is 0 Å². The number of rotatable bonds is 17. The van der Waals surface area contributed by atoms with Crippen LogP contribution in [0.5, 0.6) is 5.88 Å². The Morgan fingerprint density at radius 2 is 1.95 bits per heavy atom. The third kappa shape index (κ3) is 9.24. The van der Waals surface area contributed by atoms with E-state index in [4.69, 9.17) is 9.72 Å². The maximum Gasteiger partial charge on any atom is 0.574 e. The summed E-state index contributed by atoms with van der Waals surface area (Å²) in [5.74, 6) is -1.64. The third-order valence-corrected chi connectivity index (χ3v) is 8.03. The number of hydrogen-bond donors (Lipinski definition) is 3. The van der Waals surface area contributed by atoms with Gasteiger partial charge in [0.1, 0.15) is 18.5 Å². The molecule has 0 spiro atoms. The molecule has 44 heavy (non-hydrogen) atoms. The lowest BCUT2D eigenvalue weighted by Crippen LogP contribution is -2.48. The molecule has 0 saturated heterocycles. The summed E-state index contributed by atoms with van der Waals surface area (Å²) in [7, 11) is 1.41. The minimum Gasteiger partial charge on any atom is -0.480 e. The molecule has 10 nitrogen and oxygen atoms in total. The Morgan fingerprint density at radius 3 is 2.64 bits per heavy atom. The second-order valence-electron chi connectivity index (χ2n) is 11.3. The van der Waals surface area contributed by atoms with Gasteiger partial charge in [-0.15, -0.1) is 13.2 Å². The monoisotopic (exact) mass is 625 g/mol. The number of carboxylic acids is 1. The predicted molar refractivity (Wildman–Crippen MR) is 153 cm³/mol. The first-order valence-electron chi connectivity index (χ1n) is 14.8. The van der Waals surface area contributed by atoms with E-state index in [1.54, 1.807) is 0 Å². The number of carbonyl (C=O) groups is 2. The molecule has 2 unspecified atom stereocenters. The van der Waals surface area contributed by atoms with Crippen molar-refractivity contribution in [2.45, 2.75) is 75.3 Å². The zero-order valence-corrected chi connectivity index (χ0v) is 24.7. The number of amides is 1. The highest BCUT2D eigenvalue weighted by molar-refractivity contribution is 5.93. The van der Waals surface area contributed by atoms with Gasteiger partial charge in [0.2, 0.25) is 11.8 Å². The van der Waals surface area contributed by atoms with Gasteiger partial charge in [0, 0.05) is 38.5 Å². The van der Waals surface area contributed by atoms with Crippen molar-refractivity contribution in [3.05, 3.63) is 47.3 Å². The van der Waals surface area contributed by atoms with Crippen LogP contribution >= 0.6 is 0 Å². The molecule has 1 amide bonds. The first-order valence-corrected chi connectivity index (χ1v) is 14.8. The summed E-state index contributed by atoms with van der Waals surface area (Å²) >= 11 is 0. The van der Waals surface area contributed by atoms with Crippen LogP contribution in [-0.4, -0.2) is 90.3 Å². The number of unbranched alkanes of at least 4 members (excludes halogenated alkanes) is 1. The van der Waals surface area contributed by atoms with Gasteiger partial charge >= 0.3 is 12.3 Å². The number of carbonyl (C=O) groups excluding carboxylic acids is 1.